The fourth-order valence-electron chi connectivity index (χ4n) is 2.01. The van der Waals surface area contributed by atoms with Crippen LogP contribution in [0, 0.1) is 12.8 Å². The first-order valence-corrected chi connectivity index (χ1v) is 10.4. The molecule has 144 valence electrons. The predicted molar refractivity (Wildman–Crippen MR) is 112 cm³/mol. The van der Waals surface area contributed by atoms with Crippen molar-refractivity contribution in [3.63, 3.8) is 0 Å². The molecule has 2 aromatic rings. The summed E-state index contributed by atoms with van der Waals surface area (Å²) in [6, 6.07) is 13.2. The van der Waals surface area contributed by atoms with Crippen molar-refractivity contribution >= 4 is 34.3 Å². The number of halogens is 3. The molecular weight excluding hydrogens is 387 g/mol. The summed E-state index contributed by atoms with van der Waals surface area (Å²) in [5.74, 6) is 1.48. The lowest BCUT2D eigenvalue weighted by Gasteiger charge is -2.07. The Morgan fingerprint density at radius 1 is 1.04 bits per heavy atom. The van der Waals surface area contributed by atoms with E-state index < -0.39 is 11.7 Å². The molecule has 1 nitrogen and oxygen atoms in total. The van der Waals surface area contributed by atoms with Gasteiger partial charge in [0.2, 0.25) is 0 Å². The van der Waals surface area contributed by atoms with Crippen molar-refractivity contribution in [1.82, 2.24) is 0 Å². The minimum absolute atomic E-state index is 0.536. The molecule has 0 aliphatic carbocycles. The third-order valence-corrected chi connectivity index (χ3v) is 5.61. The van der Waals surface area contributed by atoms with Gasteiger partial charge in [0.1, 0.15) is 0 Å². The van der Waals surface area contributed by atoms with E-state index in [1.165, 1.54) is 29.5 Å². The lowest BCUT2D eigenvalue weighted by atomic mass is 10.2. The molecule has 0 aliphatic rings. The summed E-state index contributed by atoms with van der Waals surface area (Å²) in [6.45, 7) is 6.33. The molecule has 0 saturated heterocycles. The van der Waals surface area contributed by atoms with Crippen LogP contribution in [0.4, 0.5) is 18.9 Å². The Labute approximate surface area is 167 Å². The van der Waals surface area contributed by atoms with Gasteiger partial charge in [0, 0.05) is 10.6 Å². The maximum atomic E-state index is 12.6. The van der Waals surface area contributed by atoms with Crippen molar-refractivity contribution in [2.24, 2.45) is 10.9 Å². The molecular formula is C21H22F3NS2. The second-order valence-corrected chi connectivity index (χ2v) is 8.45. The third kappa shape index (κ3) is 7.85. The molecule has 0 saturated carbocycles. The summed E-state index contributed by atoms with van der Waals surface area (Å²) in [7, 11) is 0. The van der Waals surface area contributed by atoms with Gasteiger partial charge in [-0.15, -0.1) is 11.8 Å². The van der Waals surface area contributed by atoms with Crippen LogP contribution in [0.25, 0.3) is 0 Å². The number of alkyl halides is 3. The van der Waals surface area contributed by atoms with Crippen molar-refractivity contribution in [3.05, 3.63) is 71.1 Å². The minimum atomic E-state index is -4.31. The first-order valence-electron chi connectivity index (χ1n) is 8.52. The summed E-state index contributed by atoms with van der Waals surface area (Å²) in [5.41, 5.74) is 1.43. The Balaban J connectivity index is 2.08. The van der Waals surface area contributed by atoms with Crippen molar-refractivity contribution in [2.75, 3.05) is 5.75 Å². The number of nitrogens with zero attached hydrogens (tertiary/aromatic N) is 1. The van der Waals surface area contributed by atoms with Gasteiger partial charge in [-0.2, -0.15) is 13.2 Å². The number of rotatable bonds is 6. The van der Waals surface area contributed by atoms with Crippen LogP contribution in [-0.2, 0) is 6.18 Å². The smallest absolute Gasteiger partial charge is 0.242 e. The molecule has 0 amide bonds. The summed E-state index contributed by atoms with van der Waals surface area (Å²) in [5, 5.41) is 2.75. The molecule has 0 unspecified atom stereocenters. The van der Waals surface area contributed by atoms with E-state index >= 15 is 0 Å². The maximum absolute atomic E-state index is 12.6. The molecule has 6 heteroatoms. The average Bonchev–Trinajstić information content (AvgIpc) is 2.61. The summed E-state index contributed by atoms with van der Waals surface area (Å²) < 4.78 is 37.9. The summed E-state index contributed by atoms with van der Waals surface area (Å²) in [6.07, 6.45) is -2.39. The second kappa shape index (κ2) is 10.0. The van der Waals surface area contributed by atoms with Crippen LogP contribution in [0.1, 0.15) is 25.0 Å². The molecule has 0 heterocycles. The van der Waals surface area contributed by atoms with Crippen molar-refractivity contribution < 1.29 is 13.2 Å². The van der Waals surface area contributed by atoms with Crippen molar-refractivity contribution in [3.8, 4) is 0 Å². The third-order valence-electron chi connectivity index (χ3n) is 3.43. The van der Waals surface area contributed by atoms with E-state index in [-0.39, 0.29) is 0 Å². The zero-order valence-corrected chi connectivity index (χ0v) is 17.1. The van der Waals surface area contributed by atoms with Gasteiger partial charge < -0.3 is 0 Å². The van der Waals surface area contributed by atoms with E-state index in [0.29, 0.717) is 5.92 Å². The van der Waals surface area contributed by atoms with Gasteiger partial charge in [-0.05, 0) is 60.7 Å². The Morgan fingerprint density at radius 2 is 1.67 bits per heavy atom. The zero-order chi connectivity index (χ0) is 19.9. The molecule has 0 radical (unpaired) electrons. The normalized spacial score (nSPS) is 12.9. The Kier molecular flexibility index (Phi) is 8.05. The molecule has 0 N–H and O–H groups in total. The van der Waals surface area contributed by atoms with Crippen LogP contribution in [0.5, 0.6) is 0 Å². The van der Waals surface area contributed by atoms with Crippen LogP contribution in [0.2, 0.25) is 0 Å². The molecule has 0 atom stereocenters. The number of thioether (sulfide) groups is 2. The highest BCUT2D eigenvalue weighted by Crippen LogP contribution is 2.31. The molecule has 0 aliphatic heterocycles. The van der Waals surface area contributed by atoms with Crippen LogP contribution >= 0.6 is 23.5 Å². The zero-order valence-electron chi connectivity index (χ0n) is 15.5. The summed E-state index contributed by atoms with van der Waals surface area (Å²) in [4.78, 5) is 5.43. The van der Waals surface area contributed by atoms with Crippen LogP contribution < -0.4 is 0 Å². The van der Waals surface area contributed by atoms with Crippen LogP contribution in [0.15, 0.2) is 69.9 Å². The number of benzene rings is 2. The summed E-state index contributed by atoms with van der Waals surface area (Å²) >= 11 is 3.04. The van der Waals surface area contributed by atoms with E-state index in [2.05, 4.69) is 18.8 Å². The highest BCUT2D eigenvalue weighted by Gasteiger charge is 2.29. The number of hydrogen-bond donors (Lipinski definition) is 0. The minimum Gasteiger partial charge on any atom is -0.242 e. The van der Waals surface area contributed by atoms with Gasteiger partial charge in [-0.25, -0.2) is 4.99 Å². The topological polar surface area (TPSA) is 12.4 Å². The van der Waals surface area contributed by atoms with E-state index in [1.807, 2.05) is 42.7 Å². The molecule has 0 fully saturated rings. The number of hydrogen-bond acceptors (Lipinski definition) is 3. The van der Waals surface area contributed by atoms with Crippen molar-refractivity contribution in [2.45, 2.75) is 31.8 Å². The van der Waals surface area contributed by atoms with E-state index in [9.17, 15) is 13.2 Å². The number of aryl methyl sites for hydroxylation is 1. The molecule has 2 aromatic carbocycles. The molecule has 27 heavy (non-hydrogen) atoms. The van der Waals surface area contributed by atoms with E-state index in [0.717, 1.165) is 33.5 Å². The molecule has 0 spiro atoms. The van der Waals surface area contributed by atoms with Gasteiger partial charge in [0.05, 0.1) is 16.3 Å². The van der Waals surface area contributed by atoms with Gasteiger partial charge in [-0.3, -0.25) is 0 Å². The Morgan fingerprint density at radius 3 is 2.22 bits per heavy atom. The standard InChI is InChI=1S/C21H22F3NS2/c1-15(2)14-27-20(25-18-8-4-16(3)5-9-18)12-13-26-19-10-6-17(7-11-19)21(22,23)24/h4-13,15H,14H2,1-3H3. The molecule has 2 rings (SSSR count). The first kappa shape index (κ1) is 21.6. The lowest BCUT2D eigenvalue weighted by molar-refractivity contribution is -0.137. The molecule has 0 bridgehead atoms. The monoisotopic (exact) mass is 409 g/mol. The van der Waals surface area contributed by atoms with Gasteiger partial charge in [0.15, 0.2) is 0 Å². The van der Waals surface area contributed by atoms with Gasteiger partial charge in [0.25, 0.3) is 0 Å². The van der Waals surface area contributed by atoms with Crippen LogP contribution in [0.3, 0.4) is 0 Å². The quantitative estimate of drug-likeness (QED) is 0.275. The van der Waals surface area contributed by atoms with Gasteiger partial charge in [-0.1, -0.05) is 43.3 Å². The second-order valence-electron chi connectivity index (χ2n) is 6.43. The van der Waals surface area contributed by atoms with E-state index in [4.69, 9.17) is 0 Å². The molecule has 0 aromatic heterocycles. The van der Waals surface area contributed by atoms with Crippen LogP contribution in [-0.4, -0.2) is 10.8 Å². The van der Waals surface area contributed by atoms with Crippen molar-refractivity contribution in [1.29, 1.82) is 0 Å². The predicted octanol–water partition coefficient (Wildman–Crippen LogP) is 7.74. The fourth-order valence-corrected chi connectivity index (χ4v) is 3.58. The largest absolute Gasteiger partial charge is 0.416 e. The highest BCUT2D eigenvalue weighted by atomic mass is 32.2. The fraction of sp³-hybridized carbons (Fsp3) is 0.286. The lowest BCUT2D eigenvalue weighted by Crippen LogP contribution is -2.03. The average molecular weight is 410 g/mol. The number of aliphatic imine (C=N–C) groups is 1. The Hall–Kier alpha value is -1.66. The maximum Gasteiger partial charge on any atom is 0.416 e. The SMILES string of the molecule is Cc1ccc(N=C(C=CSc2ccc(C(F)(F)F)cc2)SCC(C)C)cc1. The first-order chi connectivity index (χ1) is 12.7. The van der Waals surface area contributed by atoms with E-state index in [1.54, 1.807) is 11.8 Å². The highest BCUT2D eigenvalue weighted by molar-refractivity contribution is 8.14. The van der Waals surface area contributed by atoms with Gasteiger partial charge >= 0.3 is 6.18 Å². The Bertz CT molecular complexity index is 777.